The molecule has 0 spiro atoms. The number of ether oxygens (including phenoxy) is 1. The summed E-state index contributed by atoms with van der Waals surface area (Å²) in [5.74, 6) is 0.536. The van der Waals surface area contributed by atoms with Crippen molar-refractivity contribution in [3.8, 4) is 0 Å². The predicted molar refractivity (Wildman–Crippen MR) is 72.5 cm³/mol. The third kappa shape index (κ3) is 5.23. The summed E-state index contributed by atoms with van der Waals surface area (Å²) in [6.07, 6.45) is 0.896. The maximum atomic E-state index is 11.8. The van der Waals surface area contributed by atoms with E-state index in [9.17, 15) is 4.79 Å². The molecule has 106 valence electrons. The lowest BCUT2D eigenvalue weighted by Gasteiger charge is -2.26. The lowest BCUT2D eigenvalue weighted by molar-refractivity contribution is 0.0275. The highest BCUT2D eigenvalue weighted by Gasteiger charge is 2.26. The van der Waals surface area contributed by atoms with Gasteiger partial charge in [-0.2, -0.15) is 0 Å². The van der Waals surface area contributed by atoms with E-state index in [1.165, 1.54) is 0 Å². The van der Waals surface area contributed by atoms with E-state index in [1.54, 1.807) is 11.9 Å². The fourth-order valence-corrected chi connectivity index (χ4v) is 2.25. The molecule has 0 aromatic carbocycles. The third-order valence-electron chi connectivity index (χ3n) is 3.05. The summed E-state index contributed by atoms with van der Waals surface area (Å²) in [4.78, 5) is 15.9. The molecule has 1 heterocycles. The van der Waals surface area contributed by atoms with E-state index in [-0.39, 0.29) is 6.09 Å². The number of carbonyl (C=O) groups is 1. The molecule has 0 aliphatic carbocycles. The van der Waals surface area contributed by atoms with Crippen LogP contribution in [0.2, 0.25) is 0 Å². The average Bonchev–Trinajstić information content (AvgIpc) is 2.63. The van der Waals surface area contributed by atoms with Crippen LogP contribution >= 0.6 is 0 Å². The van der Waals surface area contributed by atoms with Crippen LogP contribution in [0.1, 0.15) is 27.2 Å². The lowest BCUT2D eigenvalue weighted by Crippen LogP contribution is -2.37. The van der Waals surface area contributed by atoms with E-state index < -0.39 is 5.60 Å². The molecule has 18 heavy (non-hydrogen) atoms. The number of nitrogens with zero attached hydrogens (tertiary/aromatic N) is 2. The van der Waals surface area contributed by atoms with Crippen LogP contribution in [0.3, 0.4) is 0 Å². The second-order valence-corrected chi connectivity index (χ2v) is 6.10. The van der Waals surface area contributed by atoms with Crippen LogP contribution in [0, 0.1) is 5.92 Å². The molecule has 1 amide bonds. The van der Waals surface area contributed by atoms with E-state index in [4.69, 9.17) is 10.5 Å². The molecule has 0 radical (unpaired) electrons. The molecule has 0 aromatic heterocycles. The van der Waals surface area contributed by atoms with E-state index in [0.717, 1.165) is 32.6 Å². The number of amides is 1. The maximum absolute atomic E-state index is 11.8. The van der Waals surface area contributed by atoms with Gasteiger partial charge >= 0.3 is 6.09 Å². The zero-order valence-corrected chi connectivity index (χ0v) is 12.1. The molecule has 1 aliphatic rings. The number of hydrogen-bond acceptors (Lipinski definition) is 4. The molecule has 1 saturated heterocycles. The van der Waals surface area contributed by atoms with Gasteiger partial charge < -0.3 is 20.3 Å². The van der Waals surface area contributed by atoms with Crippen molar-refractivity contribution >= 4 is 6.09 Å². The first-order valence-electron chi connectivity index (χ1n) is 6.68. The first kappa shape index (κ1) is 15.2. The van der Waals surface area contributed by atoms with E-state index in [1.807, 2.05) is 20.8 Å². The van der Waals surface area contributed by atoms with Gasteiger partial charge in [0.05, 0.1) is 0 Å². The second-order valence-electron chi connectivity index (χ2n) is 6.10. The van der Waals surface area contributed by atoms with Gasteiger partial charge in [0.2, 0.25) is 0 Å². The molecule has 0 bridgehead atoms. The zero-order chi connectivity index (χ0) is 13.8. The van der Waals surface area contributed by atoms with Gasteiger partial charge in [-0.25, -0.2) is 4.79 Å². The highest BCUT2D eigenvalue weighted by atomic mass is 16.6. The molecular weight excluding hydrogens is 230 g/mol. The van der Waals surface area contributed by atoms with Gasteiger partial charge in [-0.1, -0.05) is 0 Å². The summed E-state index contributed by atoms with van der Waals surface area (Å²) >= 11 is 0. The Kier molecular flexibility index (Phi) is 5.41. The number of nitrogens with two attached hydrogens (primary N) is 1. The molecule has 1 fully saturated rings. The van der Waals surface area contributed by atoms with E-state index in [2.05, 4.69) is 4.90 Å². The fourth-order valence-electron chi connectivity index (χ4n) is 2.25. The third-order valence-corrected chi connectivity index (χ3v) is 3.05. The molecule has 1 aliphatic heterocycles. The predicted octanol–water partition coefficient (Wildman–Crippen LogP) is 1.13. The number of carbonyl (C=O) groups excluding carboxylic acids is 1. The Bertz CT molecular complexity index is 276. The largest absolute Gasteiger partial charge is 0.444 e. The summed E-state index contributed by atoms with van der Waals surface area (Å²) in [7, 11) is 1.81. The van der Waals surface area contributed by atoms with Gasteiger partial charge in [0.15, 0.2) is 0 Å². The van der Waals surface area contributed by atoms with Crippen LogP contribution in [0.5, 0.6) is 0 Å². The van der Waals surface area contributed by atoms with Crippen LogP contribution in [0.4, 0.5) is 4.79 Å². The number of hydrogen-bond donors (Lipinski definition) is 1. The molecule has 0 unspecified atom stereocenters. The molecule has 1 rings (SSSR count). The Morgan fingerprint density at radius 1 is 1.50 bits per heavy atom. The highest BCUT2D eigenvalue weighted by molar-refractivity contribution is 5.67. The zero-order valence-electron chi connectivity index (χ0n) is 12.1. The van der Waals surface area contributed by atoms with Gasteiger partial charge in [-0.3, -0.25) is 0 Å². The van der Waals surface area contributed by atoms with E-state index >= 15 is 0 Å². The van der Waals surface area contributed by atoms with Gasteiger partial charge in [0.1, 0.15) is 5.60 Å². The second kappa shape index (κ2) is 6.38. The van der Waals surface area contributed by atoms with Crippen molar-refractivity contribution < 1.29 is 9.53 Å². The van der Waals surface area contributed by atoms with Crippen molar-refractivity contribution in [2.75, 3.05) is 39.8 Å². The van der Waals surface area contributed by atoms with Crippen LogP contribution in [-0.4, -0.2) is 61.3 Å². The van der Waals surface area contributed by atoms with Crippen LogP contribution in [0.15, 0.2) is 0 Å². The quantitative estimate of drug-likeness (QED) is 0.820. The van der Waals surface area contributed by atoms with Crippen molar-refractivity contribution in [1.29, 1.82) is 0 Å². The smallest absolute Gasteiger partial charge is 0.410 e. The van der Waals surface area contributed by atoms with Crippen LogP contribution in [-0.2, 0) is 4.74 Å². The Hall–Kier alpha value is -0.810. The van der Waals surface area contributed by atoms with Crippen LogP contribution < -0.4 is 5.73 Å². The first-order chi connectivity index (χ1) is 8.31. The van der Waals surface area contributed by atoms with Gasteiger partial charge in [0.25, 0.3) is 0 Å². The SMILES string of the molecule is CN(C[C@@H]1CCN(CCN)C1)C(=O)OC(C)(C)C. The Morgan fingerprint density at radius 2 is 2.17 bits per heavy atom. The Balaban J connectivity index is 2.32. The minimum Gasteiger partial charge on any atom is -0.444 e. The van der Waals surface area contributed by atoms with Gasteiger partial charge in [-0.15, -0.1) is 0 Å². The Morgan fingerprint density at radius 3 is 2.72 bits per heavy atom. The van der Waals surface area contributed by atoms with Gasteiger partial charge in [0, 0.05) is 33.2 Å². The summed E-state index contributed by atoms with van der Waals surface area (Å²) in [6, 6.07) is 0. The minimum absolute atomic E-state index is 0.236. The number of likely N-dealkylation sites (tertiary alicyclic amines) is 1. The monoisotopic (exact) mass is 257 g/mol. The standard InChI is InChI=1S/C13H27N3O2/c1-13(2,3)18-12(17)15(4)9-11-5-7-16(10-11)8-6-14/h11H,5-10,14H2,1-4H3/t11-/m0/s1. The molecule has 1 atom stereocenters. The fraction of sp³-hybridized carbons (Fsp3) is 0.923. The summed E-state index contributed by atoms with van der Waals surface area (Å²) < 4.78 is 5.34. The summed E-state index contributed by atoms with van der Waals surface area (Å²) in [5.41, 5.74) is 5.12. The topological polar surface area (TPSA) is 58.8 Å². The molecular formula is C13H27N3O2. The first-order valence-corrected chi connectivity index (χ1v) is 6.68. The van der Waals surface area contributed by atoms with Gasteiger partial charge in [-0.05, 0) is 39.7 Å². The lowest BCUT2D eigenvalue weighted by atomic mass is 10.1. The van der Waals surface area contributed by atoms with E-state index in [0.29, 0.717) is 12.5 Å². The molecule has 0 saturated carbocycles. The highest BCUT2D eigenvalue weighted by Crippen LogP contribution is 2.17. The maximum Gasteiger partial charge on any atom is 0.410 e. The van der Waals surface area contributed by atoms with Crippen molar-refractivity contribution in [1.82, 2.24) is 9.80 Å². The molecule has 5 heteroatoms. The summed E-state index contributed by atoms with van der Waals surface area (Å²) in [6.45, 7) is 10.2. The molecule has 2 N–H and O–H groups in total. The summed E-state index contributed by atoms with van der Waals surface area (Å²) in [5, 5.41) is 0. The van der Waals surface area contributed by atoms with Crippen molar-refractivity contribution in [2.24, 2.45) is 11.7 Å². The molecule has 0 aromatic rings. The molecule has 5 nitrogen and oxygen atoms in total. The Labute approximate surface area is 110 Å². The van der Waals surface area contributed by atoms with Crippen molar-refractivity contribution in [2.45, 2.75) is 32.8 Å². The van der Waals surface area contributed by atoms with Crippen LogP contribution in [0.25, 0.3) is 0 Å². The normalized spacial score (nSPS) is 21.1. The number of rotatable bonds is 4. The van der Waals surface area contributed by atoms with Crippen molar-refractivity contribution in [3.05, 3.63) is 0 Å². The average molecular weight is 257 g/mol. The minimum atomic E-state index is -0.424. The van der Waals surface area contributed by atoms with Crippen molar-refractivity contribution in [3.63, 3.8) is 0 Å².